The first kappa shape index (κ1) is 27.2. The predicted molar refractivity (Wildman–Crippen MR) is 147 cm³/mol. The Balaban J connectivity index is 1.26. The molecular weight excluding hydrogens is 565 g/mol. The zero-order valence-electron chi connectivity index (χ0n) is 20.4. The number of halogens is 2. The van der Waals surface area contributed by atoms with E-state index >= 15 is 0 Å². The van der Waals surface area contributed by atoms with E-state index in [0.29, 0.717) is 29.7 Å². The van der Waals surface area contributed by atoms with Crippen molar-refractivity contribution >= 4 is 63.3 Å². The zero-order chi connectivity index (χ0) is 27.5. The summed E-state index contributed by atoms with van der Waals surface area (Å²) < 4.78 is 5.41. The molecule has 2 aromatic carbocycles. The summed E-state index contributed by atoms with van der Waals surface area (Å²) in [5.74, 6) is -2.13. The van der Waals surface area contributed by atoms with E-state index in [1.807, 2.05) is 29.6 Å². The van der Waals surface area contributed by atoms with Crippen molar-refractivity contribution in [1.82, 2.24) is 15.7 Å². The lowest BCUT2D eigenvalue weighted by Gasteiger charge is -2.30. The molecule has 0 radical (unpaired) electrons. The van der Waals surface area contributed by atoms with Crippen molar-refractivity contribution in [3.63, 3.8) is 0 Å². The van der Waals surface area contributed by atoms with Gasteiger partial charge in [-0.15, -0.1) is 11.3 Å². The molecule has 202 valence electrons. The number of carbonyl (C=O) groups excluding carboxylic acids is 2. The quantitative estimate of drug-likeness (QED) is 0.188. The monoisotopic (exact) mass is 587 g/mol. The lowest BCUT2D eigenvalue weighted by atomic mass is 9.96. The summed E-state index contributed by atoms with van der Waals surface area (Å²) in [7, 11) is 0. The molecule has 9 nitrogen and oxygen atoms in total. The third-order valence-electron chi connectivity index (χ3n) is 6.41. The summed E-state index contributed by atoms with van der Waals surface area (Å²) in [6, 6.07) is 11.2. The number of carboxylic acid groups (broad SMARTS) is 1. The van der Waals surface area contributed by atoms with E-state index in [2.05, 4.69) is 10.8 Å². The fourth-order valence-electron chi connectivity index (χ4n) is 4.39. The fourth-order valence-corrected chi connectivity index (χ4v) is 5.77. The molecule has 0 fully saturated rings. The standard InChI is InChI=1S/C27H23Cl2N3O6S/c28-20-10-17-13-32(26(34)16-4-3-15-6-8-37-22(15)11-16)7-5-19(17)24(29)23(20)25(33)31-21(27(35)36)12-30-38-14-18-2-1-9-39-18/h1-4,6,8-11,21,30H,5,7,12-14H2,(H,31,33)(H,35,36)/t21-/m0/s1. The van der Waals surface area contributed by atoms with Crippen LogP contribution in [-0.4, -0.2) is 46.9 Å². The molecule has 39 heavy (non-hydrogen) atoms. The van der Waals surface area contributed by atoms with Gasteiger partial charge in [-0.2, -0.15) is 5.48 Å². The molecule has 1 aliphatic rings. The summed E-state index contributed by atoms with van der Waals surface area (Å²) in [5.41, 5.74) is 5.12. The van der Waals surface area contributed by atoms with Crippen LogP contribution in [0, 0.1) is 0 Å². The SMILES string of the molecule is O=C(N[C@@H](CNOCc1cccs1)C(=O)O)c1c(Cl)cc2c(c1Cl)CCN(C(=O)c1ccc3ccoc3c1)C2. The normalized spacial score (nSPS) is 13.7. The minimum absolute atomic E-state index is 0.00844. The van der Waals surface area contributed by atoms with E-state index < -0.39 is 17.9 Å². The minimum atomic E-state index is -1.29. The smallest absolute Gasteiger partial charge is 0.327 e. The number of aliphatic carboxylic acids is 1. The Bertz CT molecular complexity index is 1540. The maximum Gasteiger partial charge on any atom is 0.327 e. The highest BCUT2D eigenvalue weighted by Gasteiger charge is 2.29. The van der Waals surface area contributed by atoms with Crippen LogP contribution in [0.5, 0.6) is 0 Å². The molecule has 0 bridgehead atoms. The highest BCUT2D eigenvalue weighted by atomic mass is 35.5. The van der Waals surface area contributed by atoms with Gasteiger partial charge < -0.3 is 19.7 Å². The molecule has 3 N–H and O–H groups in total. The van der Waals surface area contributed by atoms with Crippen molar-refractivity contribution in [2.45, 2.75) is 25.6 Å². The van der Waals surface area contributed by atoms with Crippen LogP contribution in [-0.2, 0) is 29.2 Å². The minimum Gasteiger partial charge on any atom is -0.480 e. The number of thiophene rings is 1. The molecule has 0 spiro atoms. The summed E-state index contributed by atoms with van der Waals surface area (Å²) in [6.45, 7) is 0.730. The summed E-state index contributed by atoms with van der Waals surface area (Å²) >= 11 is 14.6. The highest BCUT2D eigenvalue weighted by molar-refractivity contribution is 7.09. The Morgan fingerprint density at radius 2 is 2.03 bits per heavy atom. The molecule has 0 aliphatic carbocycles. The summed E-state index contributed by atoms with van der Waals surface area (Å²) in [6.07, 6.45) is 1.98. The Labute approximate surface area is 237 Å². The van der Waals surface area contributed by atoms with Crippen molar-refractivity contribution in [3.05, 3.63) is 91.3 Å². The lowest BCUT2D eigenvalue weighted by molar-refractivity contribution is -0.140. The molecule has 0 unspecified atom stereocenters. The van der Waals surface area contributed by atoms with E-state index in [9.17, 15) is 19.5 Å². The topological polar surface area (TPSA) is 121 Å². The van der Waals surface area contributed by atoms with Gasteiger partial charge in [0.1, 0.15) is 18.2 Å². The number of amides is 2. The first-order chi connectivity index (χ1) is 18.8. The van der Waals surface area contributed by atoms with Crippen LogP contribution >= 0.6 is 34.5 Å². The molecule has 12 heteroatoms. The number of nitrogens with one attached hydrogen (secondary N) is 2. The Morgan fingerprint density at radius 1 is 1.18 bits per heavy atom. The van der Waals surface area contributed by atoms with Crippen molar-refractivity contribution in [2.24, 2.45) is 0 Å². The number of hydrogen-bond donors (Lipinski definition) is 3. The van der Waals surface area contributed by atoms with Crippen LogP contribution < -0.4 is 10.8 Å². The van der Waals surface area contributed by atoms with Gasteiger partial charge in [0.25, 0.3) is 11.8 Å². The molecular formula is C27H23Cl2N3O6S. The number of hydrogen-bond acceptors (Lipinski definition) is 7. The van der Waals surface area contributed by atoms with E-state index in [1.165, 1.54) is 11.3 Å². The van der Waals surface area contributed by atoms with Gasteiger partial charge in [-0.3, -0.25) is 14.4 Å². The molecule has 4 aromatic rings. The van der Waals surface area contributed by atoms with Crippen LogP contribution in [0.15, 0.2) is 58.5 Å². The number of carbonyl (C=O) groups is 3. The number of furan rings is 1. The zero-order valence-corrected chi connectivity index (χ0v) is 22.7. The third-order valence-corrected chi connectivity index (χ3v) is 7.97. The highest BCUT2D eigenvalue weighted by Crippen LogP contribution is 2.35. The van der Waals surface area contributed by atoms with Gasteiger partial charge in [-0.1, -0.05) is 35.3 Å². The largest absolute Gasteiger partial charge is 0.480 e. The third kappa shape index (κ3) is 5.95. The Kier molecular flexibility index (Phi) is 8.20. The van der Waals surface area contributed by atoms with Gasteiger partial charge in [-0.05, 0) is 53.3 Å². The van der Waals surface area contributed by atoms with Gasteiger partial charge in [0, 0.05) is 28.9 Å². The fraction of sp³-hybridized carbons (Fsp3) is 0.222. The van der Waals surface area contributed by atoms with Crippen molar-refractivity contribution in [1.29, 1.82) is 0 Å². The average molecular weight is 588 g/mol. The number of benzene rings is 2. The molecule has 2 aromatic heterocycles. The molecule has 1 atom stereocenters. The molecule has 0 saturated heterocycles. The van der Waals surface area contributed by atoms with Crippen molar-refractivity contribution in [2.75, 3.05) is 13.1 Å². The Hall–Kier alpha value is -3.41. The van der Waals surface area contributed by atoms with Gasteiger partial charge >= 0.3 is 5.97 Å². The average Bonchev–Trinajstić information content (AvgIpc) is 3.61. The first-order valence-electron chi connectivity index (χ1n) is 12.0. The second-order valence-corrected chi connectivity index (χ2v) is 10.7. The van der Waals surface area contributed by atoms with Crippen LogP contribution in [0.1, 0.15) is 36.7 Å². The molecule has 0 saturated carbocycles. The molecule has 3 heterocycles. The van der Waals surface area contributed by atoms with Crippen LogP contribution in [0.2, 0.25) is 10.0 Å². The maximum absolute atomic E-state index is 13.2. The number of carboxylic acids is 1. The van der Waals surface area contributed by atoms with Crippen molar-refractivity contribution < 1.29 is 28.7 Å². The van der Waals surface area contributed by atoms with E-state index in [4.69, 9.17) is 32.5 Å². The number of hydroxylamine groups is 1. The van der Waals surface area contributed by atoms with Crippen molar-refractivity contribution in [3.8, 4) is 0 Å². The van der Waals surface area contributed by atoms with Gasteiger partial charge in [-0.25, -0.2) is 4.79 Å². The number of rotatable bonds is 9. The second-order valence-electron chi connectivity index (χ2n) is 8.92. The van der Waals surface area contributed by atoms with Gasteiger partial charge in [0.05, 0.1) is 28.4 Å². The molecule has 2 amide bonds. The molecule has 1 aliphatic heterocycles. The lowest BCUT2D eigenvalue weighted by Crippen LogP contribution is -2.47. The number of nitrogens with zero attached hydrogens (tertiary/aromatic N) is 1. The second kappa shape index (κ2) is 11.8. The summed E-state index contributed by atoms with van der Waals surface area (Å²) in [4.78, 5) is 45.9. The van der Waals surface area contributed by atoms with Gasteiger partial charge in [0.15, 0.2) is 0 Å². The van der Waals surface area contributed by atoms with E-state index in [1.54, 1.807) is 29.4 Å². The summed E-state index contributed by atoms with van der Waals surface area (Å²) in [5, 5.41) is 15.1. The van der Waals surface area contributed by atoms with E-state index in [-0.39, 0.29) is 41.2 Å². The molecule has 5 rings (SSSR count). The van der Waals surface area contributed by atoms with Gasteiger partial charge in [0.2, 0.25) is 0 Å². The maximum atomic E-state index is 13.2. The Morgan fingerprint density at radius 3 is 2.79 bits per heavy atom. The predicted octanol–water partition coefficient (Wildman–Crippen LogP) is 4.90. The van der Waals surface area contributed by atoms with E-state index in [0.717, 1.165) is 15.8 Å². The van der Waals surface area contributed by atoms with Crippen LogP contribution in [0.25, 0.3) is 11.0 Å². The van der Waals surface area contributed by atoms with Crippen LogP contribution in [0.3, 0.4) is 0 Å². The van der Waals surface area contributed by atoms with Crippen LogP contribution in [0.4, 0.5) is 0 Å². The first-order valence-corrected chi connectivity index (χ1v) is 13.6. The number of fused-ring (bicyclic) bond motifs is 2.